The summed E-state index contributed by atoms with van der Waals surface area (Å²) in [6.07, 6.45) is 6.31. The van der Waals surface area contributed by atoms with Crippen molar-refractivity contribution in [1.82, 2.24) is 5.32 Å². The third kappa shape index (κ3) is 2.15. The molecule has 1 aliphatic heterocycles. The van der Waals surface area contributed by atoms with Gasteiger partial charge in [0, 0.05) is 17.3 Å². The smallest absolute Gasteiger partial charge is 0.246 e. The number of rotatable bonds is 2. The Morgan fingerprint density at radius 3 is 2.78 bits per heavy atom. The van der Waals surface area contributed by atoms with Crippen molar-refractivity contribution >= 4 is 11.6 Å². The highest BCUT2D eigenvalue weighted by Crippen LogP contribution is 2.33. The summed E-state index contributed by atoms with van der Waals surface area (Å²) in [5.41, 5.74) is 3.30. The lowest BCUT2D eigenvalue weighted by molar-refractivity contribution is -0.117. The van der Waals surface area contributed by atoms with E-state index in [4.69, 9.17) is 0 Å². The SMILES string of the molecule is Cc1ccc2c(c1)C(NC1CCCCC1)C(=O)N2. The summed E-state index contributed by atoms with van der Waals surface area (Å²) in [6.45, 7) is 2.07. The molecule has 1 aromatic carbocycles. The molecule has 3 heteroatoms. The average molecular weight is 244 g/mol. The van der Waals surface area contributed by atoms with Crippen LogP contribution in [0.3, 0.4) is 0 Å². The van der Waals surface area contributed by atoms with Crippen molar-refractivity contribution in [3.05, 3.63) is 29.3 Å². The number of anilines is 1. The summed E-state index contributed by atoms with van der Waals surface area (Å²) in [4.78, 5) is 12.0. The number of nitrogens with one attached hydrogen (secondary N) is 2. The Morgan fingerprint density at radius 1 is 1.22 bits per heavy atom. The van der Waals surface area contributed by atoms with Crippen LogP contribution in [-0.4, -0.2) is 11.9 Å². The molecule has 1 fully saturated rings. The van der Waals surface area contributed by atoms with Gasteiger partial charge in [0.1, 0.15) is 6.04 Å². The molecule has 1 heterocycles. The van der Waals surface area contributed by atoms with Crippen LogP contribution in [0.25, 0.3) is 0 Å². The number of carbonyl (C=O) groups is 1. The number of hydrogen-bond acceptors (Lipinski definition) is 2. The first kappa shape index (κ1) is 11.7. The Kier molecular flexibility index (Phi) is 3.08. The lowest BCUT2D eigenvalue weighted by Gasteiger charge is -2.25. The molecule has 3 rings (SSSR count). The van der Waals surface area contributed by atoms with Crippen LogP contribution in [0.5, 0.6) is 0 Å². The van der Waals surface area contributed by atoms with Gasteiger partial charge in [0.25, 0.3) is 0 Å². The first-order chi connectivity index (χ1) is 8.74. The van der Waals surface area contributed by atoms with Gasteiger partial charge >= 0.3 is 0 Å². The van der Waals surface area contributed by atoms with Crippen molar-refractivity contribution in [2.45, 2.75) is 51.1 Å². The van der Waals surface area contributed by atoms with Gasteiger partial charge in [-0.3, -0.25) is 10.1 Å². The van der Waals surface area contributed by atoms with Gasteiger partial charge < -0.3 is 5.32 Å². The Labute approximate surface area is 108 Å². The molecular formula is C15H20N2O. The van der Waals surface area contributed by atoms with Gasteiger partial charge in [-0.15, -0.1) is 0 Å². The molecule has 2 N–H and O–H groups in total. The summed E-state index contributed by atoms with van der Waals surface area (Å²) >= 11 is 0. The molecule has 1 aromatic rings. The van der Waals surface area contributed by atoms with Gasteiger partial charge in [-0.05, 0) is 25.8 Å². The van der Waals surface area contributed by atoms with Gasteiger partial charge in [-0.25, -0.2) is 0 Å². The molecule has 0 bridgehead atoms. The maximum absolute atomic E-state index is 12.0. The zero-order valence-corrected chi connectivity index (χ0v) is 10.8. The summed E-state index contributed by atoms with van der Waals surface area (Å²) in [5.74, 6) is 0.0983. The van der Waals surface area contributed by atoms with Gasteiger partial charge in [-0.2, -0.15) is 0 Å². The Morgan fingerprint density at radius 2 is 2.00 bits per heavy atom. The van der Waals surface area contributed by atoms with Crippen molar-refractivity contribution in [2.75, 3.05) is 5.32 Å². The van der Waals surface area contributed by atoms with Crippen molar-refractivity contribution in [1.29, 1.82) is 0 Å². The monoisotopic (exact) mass is 244 g/mol. The van der Waals surface area contributed by atoms with Crippen molar-refractivity contribution in [3.63, 3.8) is 0 Å². The third-order valence-electron chi connectivity index (χ3n) is 4.05. The zero-order chi connectivity index (χ0) is 12.5. The molecule has 1 amide bonds. The molecule has 3 nitrogen and oxygen atoms in total. The summed E-state index contributed by atoms with van der Waals surface area (Å²) in [6, 6.07) is 6.52. The number of fused-ring (bicyclic) bond motifs is 1. The fraction of sp³-hybridized carbons (Fsp3) is 0.533. The number of amides is 1. The molecule has 0 spiro atoms. The lowest BCUT2D eigenvalue weighted by Crippen LogP contribution is -2.37. The molecule has 1 saturated carbocycles. The van der Waals surface area contributed by atoms with E-state index in [1.54, 1.807) is 0 Å². The maximum atomic E-state index is 12.0. The summed E-state index contributed by atoms with van der Waals surface area (Å²) in [7, 11) is 0. The van der Waals surface area contributed by atoms with Crippen LogP contribution in [0.2, 0.25) is 0 Å². The van der Waals surface area contributed by atoms with Gasteiger partial charge in [-0.1, -0.05) is 37.0 Å². The molecule has 18 heavy (non-hydrogen) atoms. The molecule has 1 unspecified atom stereocenters. The van der Waals surface area contributed by atoms with E-state index in [0.717, 1.165) is 11.3 Å². The van der Waals surface area contributed by atoms with E-state index < -0.39 is 0 Å². The topological polar surface area (TPSA) is 41.1 Å². The van der Waals surface area contributed by atoms with Crippen molar-refractivity contribution < 1.29 is 4.79 Å². The Hall–Kier alpha value is -1.35. The van der Waals surface area contributed by atoms with Crippen LogP contribution in [0.4, 0.5) is 5.69 Å². The zero-order valence-electron chi connectivity index (χ0n) is 10.8. The molecule has 0 aromatic heterocycles. The minimum Gasteiger partial charge on any atom is -0.324 e. The fourth-order valence-corrected chi connectivity index (χ4v) is 3.05. The second-order valence-electron chi connectivity index (χ2n) is 5.51. The van der Waals surface area contributed by atoms with Crippen LogP contribution in [-0.2, 0) is 4.79 Å². The highest BCUT2D eigenvalue weighted by Gasteiger charge is 2.32. The number of hydrogen-bond donors (Lipinski definition) is 2. The predicted molar refractivity (Wildman–Crippen MR) is 72.6 cm³/mol. The summed E-state index contributed by atoms with van der Waals surface area (Å²) in [5, 5.41) is 6.50. The lowest BCUT2D eigenvalue weighted by atomic mass is 9.94. The molecule has 1 atom stereocenters. The van der Waals surface area contributed by atoms with E-state index in [2.05, 4.69) is 23.6 Å². The largest absolute Gasteiger partial charge is 0.324 e. The summed E-state index contributed by atoms with van der Waals surface area (Å²) < 4.78 is 0. The fourth-order valence-electron chi connectivity index (χ4n) is 3.05. The van der Waals surface area contributed by atoms with Gasteiger partial charge in [0.15, 0.2) is 0 Å². The number of carbonyl (C=O) groups excluding carboxylic acids is 1. The molecule has 0 saturated heterocycles. The van der Waals surface area contributed by atoms with E-state index in [-0.39, 0.29) is 11.9 Å². The van der Waals surface area contributed by atoms with Crippen molar-refractivity contribution in [2.24, 2.45) is 0 Å². The third-order valence-corrected chi connectivity index (χ3v) is 4.05. The predicted octanol–water partition coefficient (Wildman–Crippen LogP) is 2.91. The van der Waals surface area contributed by atoms with Gasteiger partial charge in [0.05, 0.1) is 0 Å². The highest BCUT2D eigenvalue weighted by atomic mass is 16.2. The number of aryl methyl sites for hydroxylation is 1. The quantitative estimate of drug-likeness (QED) is 0.840. The second kappa shape index (κ2) is 4.73. The van der Waals surface area contributed by atoms with E-state index in [9.17, 15) is 4.79 Å². The first-order valence-corrected chi connectivity index (χ1v) is 6.91. The van der Waals surface area contributed by atoms with E-state index in [0.29, 0.717) is 6.04 Å². The van der Waals surface area contributed by atoms with E-state index >= 15 is 0 Å². The minimum atomic E-state index is -0.150. The molecule has 0 radical (unpaired) electrons. The molecule has 2 aliphatic rings. The van der Waals surface area contributed by atoms with Gasteiger partial charge in [0.2, 0.25) is 5.91 Å². The average Bonchev–Trinajstić information content (AvgIpc) is 2.67. The Bertz CT molecular complexity index is 464. The van der Waals surface area contributed by atoms with E-state index in [1.807, 2.05) is 12.1 Å². The number of benzene rings is 1. The van der Waals surface area contributed by atoms with Crippen LogP contribution in [0.15, 0.2) is 18.2 Å². The maximum Gasteiger partial charge on any atom is 0.246 e. The molecule has 96 valence electrons. The highest BCUT2D eigenvalue weighted by molar-refractivity contribution is 6.02. The minimum absolute atomic E-state index is 0.0983. The first-order valence-electron chi connectivity index (χ1n) is 6.91. The normalized spacial score (nSPS) is 23.8. The van der Waals surface area contributed by atoms with Crippen LogP contribution in [0, 0.1) is 6.92 Å². The van der Waals surface area contributed by atoms with Crippen LogP contribution < -0.4 is 10.6 Å². The van der Waals surface area contributed by atoms with Crippen molar-refractivity contribution in [3.8, 4) is 0 Å². The van der Waals surface area contributed by atoms with E-state index in [1.165, 1.54) is 37.7 Å². The molecular weight excluding hydrogens is 224 g/mol. The van der Waals surface area contributed by atoms with Crippen LogP contribution >= 0.6 is 0 Å². The second-order valence-corrected chi connectivity index (χ2v) is 5.51. The molecule has 1 aliphatic carbocycles. The Balaban J connectivity index is 1.80. The van der Waals surface area contributed by atoms with Crippen LogP contribution in [0.1, 0.15) is 49.3 Å². The standard InChI is InChI=1S/C15H20N2O/c1-10-7-8-13-12(9-10)14(15(18)17-13)16-11-5-3-2-4-6-11/h7-9,11,14,16H,2-6H2,1H3,(H,17,18).